The van der Waals surface area contributed by atoms with Gasteiger partial charge in [-0.25, -0.2) is 4.68 Å². The highest BCUT2D eigenvalue weighted by molar-refractivity contribution is 5.90. The predicted molar refractivity (Wildman–Crippen MR) is 83.6 cm³/mol. The lowest BCUT2D eigenvalue weighted by molar-refractivity contribution is 0.0995. The van der Waals surface area contributed by atoms with E-state index in [4.69, 9.17) is 10.5 Å². The van der Waals surface area contributed by atoms with Crippen LogP contribution in [0.4, 0.5) is 0 Å². The molecule has 0 bridgehead atoms. The first-order valence-electron chi connectivity index (χ1n) is 6.41. The molecule has 6 heteroatoms. The van der Waals surface area contributed by atoms with E-state index >= 15 is 0 Å². The maximum Gasteiger partial charge on any atom is 0.269 e. The molecule has 1 heterocycles. The summed E-state index contributed by atoms with van der Waals surface area (Å²) in [6, 6.07) is 18.5. The molecule has 0 fully saturated rings. The van der Waals surface area contributed by atoms with Crippen LogP contribution in [0.2, 0.25) is 0 Å². The van der Waals surface area contributed by atoms with Gasteiger partial charge < -0.3 is 16.6 Å². The van der Waals surface area contributed by atoms with Crippen LogP contribution in [0.25, 0.3) is 5.69 Å². The maximum atomic E-state index is 11.0. The van der Waals surface area contributed by atoms with E-state index in [1.54, 1.807) is 16.9 Å². The number of rotatable bonds is 4. The fourth-order valence-corrected chi connectivity index (χ4v) is 1.89. The van der Waals surface area contributed by atoms with Crippen molar-refractivity contribution in [3.8, 4) is 17.2 Å². The van der Waals surface area contributed by atoms with Crippen LogP contribution in [-0.4, -0.2) is 15.7 Å². The van der Waals surface area contributed by atoms with E-state index in [0.29, 0.717) is 0 Å². The number of amides is 1. The Morgan fingerprint density at radius 3 is 2.18 bits per heavy atom. The number of ether oxygens (including phenoxy) is 1. The number of para-hydroxylation sites is 1. The zero-order valence-electron chi connectivity index (χ0n) is 11.8. The number of nitrogens with two attached hydrogens (primary N) is 1. The first-order chi connectivity index (χ1) is 10.2. The summed E-state index contributed by atoms with van der Waals surface area (Å²) in [5, 5.41) is 4.09. The minimum absolute atomic E-state index is 0. The van der Waals surface area contributed by atoms with Crippen LogP contribution < -0.4 is 16.6 Å². The monoisotopic (exact) mass is 296 g/mol. The smallest absolute Gasteiger partial charge is 0.269 e. The molecule has 1 amide bonds. The van der Waals surface area contributed by atoms with Crippen molar-refractivity contribution < 1.29 is 9.53 Å². The fourth-order valence-electron chi connectivity index (χ4n) is 1.89. The Morgan fingerprint density at radius 2 is 1.59 bits per heavy atom. The van der Waals surface area contributed by atoms with E-state index < -0.39 is 5.91 Å². The van der Waals surface area contributed by atoms with E-state index in [9.17, 15) is 4.79 Å². The van der Waals surface area contributed by atoms with Gasteiger partial charge >= 0.3 is 0 Å². The molecule has 0 radical (unpaired) electrons. The number of aromatic nitrogens is 2. The molecule has 22 heavy (non-hydrogen) atoms. The molecule has 3 aromatic rings. The molecule has 0 spiro atoms. The van der Waals surface area contributed by atoms with Crippen molar-refractivity contribution in [2.24, 2.45) is 5.73 Å². The summed E-state index contributed by atoms with van der Waals surface area (Å²) in [6.07, 6.45) is 1.69. The average Bonchev–Trinajstić information content (AvgIpc) is 2.99. The van der Waals surface area contributed by atoms with Crippen LogP contribution in [0.1, 0.15) is 10.5 Å². The van der Waals surface area contributed by atoms with Gasteiger partial charge in [0.05, 0.1) is 5.69 Å². The SMILES string of the molecule is N.NC(=O)c1ccn(-c2ccc(Oc3ccccc3)cc2)n1. The Bertz CT molecular complexity index is 751. The van der Waals surface area contributed by atoms with Gasteiger partial charge in [-0.2, -0.15) is 5.10 Å². The molecule has 112 valence electrons. The first kappa shape index (κ1) is 15.3. The van der Waals surface area contributed by atoms with Gasteiger partial charge in [-0.3, -0.25) is 4.79 Å². The van der Waals surface area contributed by atoms with E-state index in [2.05, 4.69) is 5.10 Å². The summed E-state index contributed by atoms with van der Waals surface area (Å²) in [7, 11) is 0. The van der Waals surface area contributed by atoms with Crippen LogP contribution in [0.5, 0.6) is 11.5 Å². The van der Waals surface area contributed by atoms with Crippen LogP contribution in [-0.2, 0) is 0 Å². The molecule has 3 rings (SSSR count). The number of nitrogens with zero attached hydrogens (tertiary/aromatic N) is 2. The number of primary amides is 1. The van der Waals surface area contributed by atoms with Crippen LogP contribution in [0, 0.1) is 0 Å². The van der Waals surface area contributed by atoms with Crippen molar-refractivity contribution in [3.63, 3.8) is 0 Å². The molecule has 6 nitrogen and oxygen atoms in total. The van der Waals surface area contributed by atoms with Gasteiger partial charge in [-0.1, -0.05) is 18.2 Å². The number of hydrogen-bond donors (Lipinski definition) is 2. The van der Waals surface area contributed by atoms with Crippen molar-refractivity contribution >= 4 is 5.91 Å². The molecular formula is C16H16N4O2. The zero-order valence-corrected chi connectivity index (χ0v) is 11.8. The molecule has 0 saturated heterocycles. The van der Waals surface area contributed by atoms with Crippen LogP contribution in [0.3, 0.4) is 0 Å². The highest BCUT2D eigenvalue weighted by Gasteiger charge is 2.06. The summed E-state index contributed by atoms with van der Waals surface area (Å²) >= 11 is 0. The third-order valence-corrected chi connectivity index (χ3v) is 2.92. The Morgan fingerprint density at radius 1 is 0.955 bits per heavy atom. The predicted octanol–water partition coefficient (Wildman–Crippen LogP) is 2.93. The molecule has 0 aliphatic heterocycles. The van der Waals surface area contributed by atoms with Crippen molar-refractivity contribution in [2.75, 3.05) is 0 Å². The number of hydrogen-bond acceptors (Lipinski definition) is 4. The second-order valence-corrected chi connectivity index (χ2v) is 4.42. The van der Waals surface area contributed by atoms with Gasteiger partial charge in [-0.05, 0) is 42.5 Å². The summed E-state index contributed by atoms with van der Waals surface area (Å²) in [4.78, 5) is 11.0. The van der Waals surface area contributed by atoms with Gasteiger partial charge in [0.15, 0.2) is 0 Å². The molecule has 0 aliphatic rings. The molecule has 5 N–H and O–H groups in total. The third-order valence-electron chi connectivity index (χ3n) is 2.92. The first-order valence-corrected chi connectivity index (χ1v) is 6.41. The second kappa shape index (κ2) is 6.55. The Hall–Kier alpha value is -3.12. The normalized spacial score (nSPS) is 9.82. The van der Waals surface area contributed by atoms with E-state index in [-0.39, 0.29) is 11.8 Å². The second-order valence-electron chi connectivity index (χ2n) is 4.42. The number of benzene rings is 2. The summed E-state index contributed by atoms with van der Waals surface area (Å²) in [5.74, 6) is 0.963. The highest BCUT2D eigenvalue weighted by atomic mass is 16.5. The van der Waals surface area contributed by atoms with Crippen molar-refractivity contribution in [3.05, 3.63) is 72.6 Å². The van der Waals surface area contributed by atoms with E-state index in [1.165, 1.54) is 0 Å². The largest absolute Gasteiger partial charge is 0.457 e. The van der Waals surface area contributed by atoms with Crippen molar-refractivity contribution in [2.45, 2.75) is 0 Å². The molecule has 2 aromatic carbocycles. The molecule has 1 aromatic heterocycles. The van der Waals surface area contributed by atoms with Gasteiger partial charge in [0.1, 0.15) is 17.2 Å². The topological polar surface area (TPSA) is 105 Å². The highest BCUT2D eigenvalue weighted by Crippen LogP contribution is 2.22. The quantitative estimate of drug-likeness (QED) is 0.772. The lowest BCUT2D eigenvalue weighted by Gasteiger charge is -2.06. The van der Waals surface area contributed by atoms with Gasteiger partial charge in [-0.15, -0.1) is 0 Å². The van der Waals surface area contributed by atoms with Crippen LogP contribution >= 0.6 is 0 Å². The van der Waals surface area contributed by atoms with Gasteiger partial charge in [0, 0.05) is 6.20 Å². The maximum absolute atomic E-state index is 11.0. The third kappa shape index (κ3) is 3.31. The zero-order chi connectivity index (χ0) is 14.7. The van der Waals surface area contributed by atoms with E-state index in [1.807, 2.05) is 54.6 Å². The Kier molecular flexibility index (Phi) is 4.55. The molecule has 0 unspecified atom stereocenters. The molecule has 0 aliphatic carbocycles. The molecule has 0 saturated carbocycles. The van der Waals surface area contributed by atoms with Gasteiger partial charge in [0.2, 0.25) is 0 Å². The van der Waals surface area contributed by atoms with Crippen LogP contribution in [0.15, 0.2) is 66.9 Å². The average molecular weight is 296 g/mol. The molecular weight excluding hydrogens is 280 g/mol. The Labute approximate surface area is 127 Å². The lowest BCUT2D eigenvalue weighted by atomic mass is 10.3. The number of carbonyl (C=O) groups excluding carboxylic acids is 1. The van der Waals surface area contributed by atoms with Crippen molar-refractivity contribution in [1.82, 2.24) is 15.9 Å². The minimum atomic E-state index is -0.544. The van der Waals surface area contributed by atoms with Crippen molar-refractivity contribution in [1.29, 1.82) is 0 Å². The number of carbonyl (C=O) groups is 1. The summed E-state index contributed by atoms with van der Waals surface area (Å²) in [5.41, 5.74) is 6.24. The fraction of sp³-hybridized carbons (Fsp3) is 0. The standard InChI is InChI=1S/C16H13N3O2.H3N/c17-16(20)15-10-11-19(18-15)12-6-8-14(9-7-12)21-13-4-2-1-3-5-13;/h1-11H,(H2,17,20);1H3. The summed E-state index contributed by atoms with van der Waals surface area (Å²) in [6.45, 7) is 0. The van der Waals surface area contributed by atoms with Gasteiger partial charge in [0.25, 0.3) is 5.91 Å². The van der Waals surface area contributed by atoms with E-state index in [0.717, 1.165) is 17.2 Å². The minimum Gasteiger partial charge on any atom is -0.457 e. The Balaban J connectivity index is 0.00000176. The molecule has 0 atom stereocenters. The lowest BCUT2D eigenvalue weighted by Crippen LogP contribution is -2.12. The summed E-state index contributed by atoms with van der Waals surface area (Å²) < 4.78 is 7.30.